The SMILES string of the molecule is CC(=O)C1C(SCC2C=C(C(F)(F)F)C=CC2)=NC(c2ccco2)=NC1C. The zero-order chi connectivity index (χ0) is 19.6. The maximum absolute atomic E-state index is 12.9. The minimum Gasteiger partial charge on any atom is -0.461 e. The number of rotatable bonds is 4. The molecule has 4 nitrogen and oxygen atoms in total. The van der Waals surface area contributed by atoms with Crippen LogP contribution in [0.2, 0.25) is 0 Å². The van der Waals surface area contributed by atoms with Crippen LogP contribution in [-0.2, 0) is 4.79 Å². The van der Waals surface area contributed by atoms with Gasteiger partial charge in [-0.25, -0.2) is 4.99 Å². The van der Waals surface area contributed by atoms with Crippen LogP contribution in [0.3, 0.4) is 0 Å². The van der Waals surface area contributed by atoms with Crippen LogP contribution in [0.1, 0.15) is 26.0 Å². The molecule has 3 atom stereocenters. The normalized spacial score (nSPS) is 25.7. The Kier molecular flexibility index (Phi) is 5.74. The average Bonchev–Trinajstić information content (AvgIpc) is 3.13. The molecule has 0 spiro atoms. The van der Waals surface area contributed by atoms with Gasteiger partial charge in [0.05, 0.1) is 28.8 Å². The number of Topliss-reactive ketones (excluding diaryl/α,β-unsaturated/α-hetero) is 1. The van der Waals surface area contributed by atoms with Crippen LogP contribution in [0.15, 0.2) is 56.6 Å². The average molecular weight is 396 g/mol. The van der Waals surface area contributed by atoms with Gasteiger partial charge in [-0.2, -0.15) is 13.2 Å². The van der Waals surface area contributed by atoms with Gasteiger partial charge in [-0.1, -0.05) is 18.2 Å². The molecule has 0 amide bonds. The largest absolute Gasteiger partial charge is 0.461 e. The third kappa shape index (κ3) is 4.61. The number of ketones is 1. The van der Waals surface area contributed by atoms with E-state index in [9.17, 15) is 18.0 Å². The number of carbonyl (C=O) groups is 1. The zero-order valence-corrected chi connectivity index (χ0v) is 15.7. The molecule has 27 heavy (non-hydrogen) atoms. The van der Waals surface area contributed by atoms with E-state index in [-0.39, 0.29) is 17.7 Å². The first-order chi connectivity index (χ1) is 12.8. The summed E-state index contributed by atoms with van der Waals surface area (Å²) < 4.78 is 44.1. The van der Waals surface area contributed by atoms with Crippen molar-refractivity contribution in [3.8, 4) is 0 Å². The molecule has 144 valence electrons. The topological polar surface area (TPSA) is 54.9 Å². The summed E-state index contributed by atoms with van der Waals surface area (Å²) in [5.41, 5.74) is -0.626. The Morgan fingerprint density at radius 2 is 2.19 bits per heavy atom. The predicted octanol–water partition coefficient (Wildman–Crippen LogP) is 4.83. The number of aliphatic imine (C=N–C) groups is 2. The molecule has 2 heterocycles. The Morgan fingerprint density at radius 3 is 2.81 bits per heavy atom. The molecule has 1 aromatic rings. The van der Waals surface area contributed by atoms with E-state index in [1.807, 2.05) is 6.92 Å². The van der Waals surface area contributed by atoms with E-state index in [1.165, 1.54) is 37.1 Å². The number of furan rings is 1. The van der Waals surface area contributed by atoms with Crippen molar-refractivity contribution >= 4 is 28.4 Å². The van der Waals surface area contributed by atoms with Gasteiger partial charge in [0.25, 0.3) is 0 Å². The fourth-order valence-electron chi connectivity index (χ4n) is 3.08. The summed E-state index contributed by atoms with van der Waals surface area (Å²) in [6.45, 7) is 3.31. The smallest absolute Gasteiger partial charge is 0.416 e. The van der Waals surface area contributed by atoms with Crippen molar-refractivity contribution in [3.63, 3.8) is 0 Å². The molecule has 8 heteroatoms. The summed E-state index contributed by atoms with van der Waals surface area (Å²) in [5.74, 6) is 0.493. The second kappa shape index (κ2) is 7.88. The molecule has 0 radical (unpaired) electrons. The van der Waals surface area contributed by atoms with Gasteiger partial charge in [0.1, 0.15) is 5.78 Å². The van der Waals surface area contributed by atoms with E-state index in [0.717, 1.165) is 6.08 Å². The fraction of sp³-hybridized carbons (Fsp3) is 0.421. The molecular weight excluding hydrogens is 377 g/mol. The van der Waals surface area contributed by atoms with Crippen molar-refractivity contribution in [1.82, 2.24) is 0 Å². The molecule has 1 aromatic heterocycles. The number of hydrogen-bond donors (Lipinski definition) is 0. The third-order valence-electron chi connectivity index (χ3n) is 4.39. The maximum atomic E-state index is 12.9. The van der Waals surface area contributed by atoms with E-state index in [2.05, 4.69) is 9.98 Å². The van der Waals surface area contributed by atoms with Crippen LogP contribution in [0, 0.1) is 11.8 Å². The van der Waals surface area contributed by atoms with Crippen LogP contribution >= 0.6 is 11.8 Å². The number of alkyl halides is 3. The third-order valence-corrected chi connectivity index (χ3v) is 5.63. The highest BCUT2D eigenvalue weighted by Gasteiger charge is 2.35. The molecule has 0 saturated heterocycles. The van der Waals surface area contributed by atoms with Crippen LogP contribution in [0.5, 0.6) is 0 Å². The molecule has 0 bridgehead atoms. The summed E-state index contributed by atoms with van der Waals surface area (Å²) in [7, 11) is 0. The Morgan fingerprint density at radius 1 is 1.41 bits per heavy atom. The highest BCUT2D eigenvalue weighted by molar-refractivity contribution is 8.14. The molecule has 0 fully saturated rings. The quantitative estimate of drug-likeness (QED) is 0.733. The lowest BCUT2D eigenvalue weighted by Crippen LogP contribution is -2.34. The van der Waals surface area contributed by atoms with Gasteiger partial charge in [0.2, 0.25) is 0 Å². The number of hydrogen-bond acceptors (Lipinski definition) is 5. The molecule has 0 saturated carbocycles. The summed E-state index contributed by atoms with van der Waals surface area (Å²) in [5, 5.41) is 0.577. The number of halogens is 3. The molecule has 1 aliphatic heterocycles. The van der Waals surface area contributed by atoms with Gasteiger partial charge < -0.3 is 4.42 Å². The Balaban J connectivity index is 1.78. The van der Waals surface area contributed by atoms with Crippen molar-refractivity contribution in [2.75, 3.05) is 5.75 Å². The summed E-state index contributed by atoms with van der Waals surface area (Å²) in [4.78, 5) is 21.0. The standard InChI is InChI=1S/C19H19F3N2O2S/c1-11-16(12(2)25)18(24-17(23-11)15-7-4-8-26-15)27-10-13-5-3-6-14(9-13)19(20,21)22/h3-4,6-9,11,13,16H,5,10H2,1-2H3. The van der Waals surface area contributed by atoms with Crippen molar-refractivity contribution in [1.29, 1.82) is 0 Å². The van der Waals surface area contributed by atoms with Gasteiger partial charge in [0.15, 0.2) is 11.6 Å². The van der Waals surface area contributed by atoms with E-state index in [4.69, 9.17) is 4.42 Å². The van der Waals surface area contributed by atoms with Crippen molar-refractivity contribution in [2.24, 2.45) is 21.8 Å². The molecule has 0 aromatic carbocycles. The molecular formula is C19H19F3N2O2S. The van der Waals surface area contributed by atoms with Crippen molar-refractivity contribution in [3.05, 3.63) is 48.0 Å². The molecule has 3 unspecified atom stereocenters. The van der Waals surface area contributed by atoms with Gasteiger partial charge >= 0.3 is 6.18 Å². The van der Waals surface area contributed by atoms with E-state index in [0.29, 0.717) is 28.8 Å². The fourth-order valence-corrected chi connectivity index (χ4v) is 4.39. The minimum atomic E-state index is -4.35. The first kappa shape index (κ1) is 19.7. The van der Waals surface area contributed by atoms with E-state index in [1.54, 1.807) is 12.1 Å². The van der Waals surface area contributed by atoms with Gasteiger partial charge in [-0.05, 0) is 38.3 Å². The van der Waals surface area contributed by atoms with E-state index >= 15 is 0 Å². The number of amidine groups is 1. The first-order valence-corrected chi connectivity index (χ1v) is 9.53. The highest BCUT2D eigenvalue weighted by atomic mass is 32.2. The highest BCUT2D eigenvalue weighted by Crippen LogP contribution is 2.34. The molecule has 2 aliphatic rings. The predicted molar refractivity (Wildman–Crippen MR) is 100 cm³/mol. The van der Waals surface area contributed by atoms with Gasteiger partial charge in [-0.15, -0.1) is 11.8 Å². The van der Waals surface area contributed by atoms with Crippen LogP contribution < -0.4 is 0 Å². The second-order valence-electron chi connectivity index (χ2n) is 6.54. The second-order valence-corrected chi connectivity index (χ2v) is 7.58. The lowest BCUT2D eigenvalue weighted by atomic mass is 9.97. The maximum Gasteiger partial charge on any atom is 0.416 e. The first-order valence-electron chi connectivity index (χ1n) is 8.54. The van der Waals surface area contributed by atoms with Crippen molar-refractivity contribution in [2.45, 2.75) is 32.5 Å². The zero-order valence-electron chi connectivity index (χ0n) is 14.9. The summed E-state index contributed by atoms with van der Waals surface area (Å²) >= 11 is 1.32. The van der Waals surface area contributed by atoms with E-state index < -0.39 is 17.7 Å². The summed E-state index contributed by atoms with van der Waals surface area (Å²) in [6, 6.07) is 3.14. The molecule has 3 rings (SSSR count). The lowest BCUT2D eigenvalue weighted by Gasteiger charge is -2.26. The summed E-state index contributed by atoms with van der Waals surface area (Å²) in [6.07, 6.45) is 1.60. The van der Waals surface area contributed by atoms with Crippen LogP contribution in [0.4, 0.5) is 13.2 Å². The number of allylic oxidation sites excluding steroid dienone is 4. The number of nitrogens with zero attached hydrogens (tertiary/aromatic N) is 2. The van der Waals surface area contributed by atoms with Crippen LogP contribution in [-0.4, -0.2) is 34.6 Å². The van der Waals surface area contributed by atoms with Gasteiger partial charge in [-0.3, -0.25) is 9.79 Å². The molecule has 1 aliphatic carbocycles. The molecule has 0 N–H and O–H groups in total. The van der Waals surface area contributed by atoms with Gasteiger partial charge in [0, 0.05) is 5.75 Å². The Labute approximate surface area is 159 Å². The van der Waals surface area contributed by atoms with Crippen LogP contribution in [0.25, 0.3) is 0 Å². The Bertz CT molecular complexity index is 823. The van der Waals surface area contributed by atoms with Crippen molar-refractivity contribution < 1.29 is 22.4 Å². The Hall–Kier alpha value is -2.09. The minimum absolute atomic E-state index is 0.0638. The monoisotopic (exact) mass is 396 g/mol. The lowest BCUT2D eigenvalue weighted by molar-refractivity contribution is -0.119. The number of carbonyl (C=O) groups excluding carboxylic acids is 1. The number of thioether (sulfide) groups is 1.